The van der Waals surface area contributed by atoms with E-state index in [9.17, 15) is 9.18 Å². The van der Waals surface area contributed by atoms with Crippen molar-refractivity contribution in [2.75, 3.05) is 5.32 Å². The summed E-state index contributed by atoms with van der Waals surface area (Å²) < 4.78 is 12.9. The molecule has 3 aromatic rings. The number of benzene rings is 2. The third-order valence-electron chi connectivity index (χ3n) is 3.50. The molecule has 25 heavy (non-hydrogen) atoms. The molecule has 0 saturated carbocycles. The standard InChI is InChI=1S/C20H16FN3O/c1-14-22-12-11-19(23-14)16-3-2-4-18(13-16)24-20(25)10-7-15-5-8-17(21)9-6-15/h2-13H,1H3,(H,24,25)/b10-7+. The summed E-state index contributed by atoms with van der Waals surface area (Å²) in [6, 6.07) is 15.2. The van der Waals surface area contributed by atoms with Gasteiger partial charge in [-0.3, -0.25) is 4.79 Å². The van der Waals surface area contributed by atoms with Gasteiger partial charge in [-0.25, -0.2) is 14.4 Å². The summed E-state index contributed by atoms with van der Waals surface area (Å²) in [6.45, 7) is 1.83. The monoisotopic (exact) mass is 333 g/mol. The molecule has 0 fully saturated rings. The Kier molecular flexibility index (Phi) is 4.95. The van der Waals surface area contributed by atoms with E-state index in [1.54, 1.807) is 30.5 Å². The number of hydrogen-bond donors (Lipinski definition) is 1. The molecular weight excluding hydrogens is 317 g/mol. The van der Waals surface area contributed by atoms with Gasteiger partial charge in [0.2, 0.25) is 5.91 Å². The first kappa shape index (κ1) is 16.5. The number of amides is 1. The maximum Gasteiger partial charge on any atom is 0.248 e. The normalized spacial score (nSPS) is 10.8. The Bertz CT molecular complexity index is 920. The van der Waals surface area contributed by atoms with Crippen LogP contribution < -0.4 is 5.32 Å². The predicted molar refractivity (Wildman–Crippen MR) is 96.3 cm³/mol. The van der Waals surface area contributed by atoms with Crippen LogP contribution in [0.25, 0.3) is 17.3 Å². The summed E-state index contributed by atoms with van der Waals surface area (Å²) in [5.41, 5.74) is 3.11. The molecule has 0 bridgehead atoms. The third-order valence-corrected chi connectivity index (χ3v) is 3.50. The summed E-state index contributed by atoms with van der Waals surface area (Å²) in [5.74, 6) is 0.118. The van der Waals surface area contributed by atoms with Gasteiger partial charge in [0.15, 0.2) is 0 Å². The van der Waals surface area contributed by atoms with Gasteiger partial charge >= 0.3 is 0 Å². The fourth-order valence-electron chi connectivity index (χ4n) is 2.30. The molecule has 0 aliphatic carbocycles. The number of nitrogens with zero attached hydrogens (tertiary/aromatic N) is 2. The predicted octanol–water partition coefficient (Wildman–Crippen LogP) is 4.24. The van der Waals surface area contributed by atoms with Gasteiger partial charge in [-0.15, -0.1) is 0 Å². The van der Waals surface area contributed by atoms with Gasteiger partial charge in [-0.2, -0.15) is 0 Å². The lowest BCUT2D eigenvalue weighted by molar-refractivity contribution is -0.111. The molecule has 0 radical (unpaired) electrons. The average Bonchev–Trinajstić information content (AvgIpc) is 2.61. The number of nitrogens with one attached hydrogen (secondary N) is 1. The molecule has 1 N–H and O–H groups in total. The van der Waals surface area contributed by atoms with Crippen molar-refractivity contribution in [2.24, 2.45) is 0 Å². The molecule has 124 valence electrons. The smallest absolute Gasteiger partial charge is 0.248 e. The molecule has 1 aromatic heterocycles. The van der Waals surface area contributed by atoms with Crippen LogP contribution in [0.2, 0.25) is 0 Å². The summed E-state index contributed by atoms with van der Waals surface area (Å²) in [5, 5.41) is 2.81. The van der Waals surface area contributed by atoms with E-state index in [4.69, 9.17) is 0 Å². The number of anilines is 1. The van der Waals surface area contributed by atoms with Crippen molar-refractivity contribution in [1.29, 1.82) is 0 Å². The van der Waals surface area contributed by atoms with Crippen molar-refractivity contribution in [1.82, 2.24) is 9.97 Å². The number of halogens is 1. The average molecular weight is 333 g/mol. The van der Waals surface area contributed by atoms with Crippen molar-refractivity contribution in [2.45, 2.75) is 6.92 Å². The highest BCUT2D eigenvalue weighted by Crippen LogP contribution is 2.20. The second-order valence-electron chi connectivity index (χ2n) is 5.44. The Balaban J connectivity index is 1.71. The highest BCUT2D eigenvalue weighted by atomic mass is 19.1. The lowest BCUT2D eigenvalue weighted by atomic mass is 10.1. The van der Waals surface area contributed by atoms with E-state index < -0.39 is 0 Å². The lowest BCUT2D eigenvalue weighted by Gasteiger charge is -2.06. The van der Waals surface area contributed by atoms with E-state index in [0.717, 1.165) is 16.8 Å². The third kappa shape index (κ3) is 4.57. The first-order chi connectivity index (χ1) is 12.1. The van der Waals surface area contributed by atoms with E-state index in [2.05, 4.69) is 15.3 Å². The molecule has 0 aliphatic rings. The Morgan fingerprint density at radius 2 is 1.92 bits per heavy atom. The first-order valence-electron chi connectivity index (χ1n) is 7.75. The zero-order valence-electron chi connectivity index (χ0n) is 13.6. The molecule has 4 nitrogen and oxygen atoms in total. The minimum Gasteiger partial charge on any atom is -0.322 e. The van der Waals surface area contributed by atoms with Gasteiger partial charge in [-0.05, 0) is 48.9 Å². The molecule has 0 unspecified atom stereocenters. The molecule has 0 atom stereocenters. The minimum absolute atomic E-state index is 0.264. The number of aryl methyl sites for hydroxylation is 1. The largest absolute Gasteiger partial charge is 0.322 e. The van der Waals surface area contributed by atoms with Gasteiger partial charge in [0.1, 0.15) is 11.6 Å². The minimum atomic E-state index is -0.307. The molecule has 5 heteroatoms. The SMILES string of the molecule is Cc1nccc(-c2cccc(NC(=O)/C=C/c3ccc(F)cc3)c2)n1. The number of aromatic nitrogens is 2. The van der Waals surface area contributed by atoms with E-state index in [1.165, 1.54) is 18.2 Å². The van der Waals surface area contributed by atoms with Crippen LogP contribution in [0.3, 0.4) is 0 Å². The number of rotatable bonds is 4. The van der Waals surface area contributed by atoms with E-state index in [0.29, 0.717) is 11.5 Å². The van der Waals surface area contributed by atoms with E-state index in [-0.39, 0.29) is 11.7 Å². The second-order valence-corrected chi connectivity index (χ2v) is 5.44. The summed E-state index contributed by atoms with van der Waals surface area (Å²) >= 11 is 0. The Hall–Kier alpha value is -3.34. The Morgan fingerprint density at radius 1 is 1.12 bits per heavy atom. The zero-order chi connectivity index (χ0) is 17.6. The molecule has 0 saturated heterocycles. The van der Waals surface area contributed by atoms with Gasteiger partial charge in [0, 0.05) is 23.5 Å². The van der Waals surface area contributed by atoms with Crippen LogP contribution in [-0.2, 0) is 4.79 Å². The van der Waals surface area contributed by atoms with Crippen molar-refractivity contribution in [3.63, 3.8) is 0 Å². The summed E-state index contributed by atoms with van der Waals surface area (Å²) in [7, 11) is 0. The van der Waals surface area contributed by atoms with Crippen LogP contribution in [-0.4, -0.2) is 15.9 Å². The maximum absolute atomic E-state index is 12.9. The highest BCUT2D eigenvalue weighted by molar-refractivity contribution is 6.02. The van der Waals surface area contributed by atoms with E-state index >= 15 is 0 Å². The Labute approximate surface area is 145 Å². The van der Waals surface area contributed by atoms with E-state index in [1.807, 2.05) is 31.2 Å². The summed E-state index contributed by atoms with van der Waals surface area (Å²) in [6.07, 6.45) is 4.75. The summed E-state index contributed by atoms with van der Waals surface area (Å²) in [4.78, 5) is 20.5. The molecule has 0 aliphatic heterocycles. The Morgan fingerprint density at radius 3 is 2.68 bits per heavy atom. The van der Waals surface area contributed by atoms with Crippen LogP contribution in [0.1, 0.15) is 11.4 Å². The van der Waals surface area contributed by atoms with Crippen LogP contribution in [0.4, 0.5) is 10.1 Å². The van der Waals surface area contributed by atoms with Gasteiger partial charge in [0.25, 0.3) is 0 Å². The van der Waals surface area contributed by atoms with Crippen molar-refractivity contribution in [3.8, 4) is 11.3 Å². The number of carbonyl (C=O) groups excluding carboxylic acids is 1. The molecule has 3 rings (SSSR count). The van der Waals surface area contributed by atoms with Gasteiger partial charge in [-0.1, -0.05) is 24.3 Å². The number of carbonyl (C=O) groups is 1. The van der Waals surface area contributed by atoms with Crippen molar-refractivity contribution < 1.29 is 9.18 Å². The fraction of sp³-hybridized carbons (Fsp3) is 0.0500. The van der Waals surface area contributed by atoms with Crippen LogP contribution >= 0.6 is 0 Å². The number of hydrogen-bond acceptors (Lipinski definition) is 3. The molecule has 1 heterocycles. The molecule has 1 amide bonds. The van der Waals surface area contributed by atoms with Crippen molar-refractivity contribution in [3.05, 3.63) is 84.1 Å². The van der Waals surface area contributed by atoms with Crippen LogP contribution in [0.15, 0.2) is 66.9 Å². The molecule has 0 spiro atoms. The molecular formula is C20H16FN3O. The quantitative estimate of drug-likeness (QED) is 0.727. The van der Waals surface area contributed by atoms with Gasteiger partial charge < -0.3 is 5.32 Å². The maximum atomic E-state index is 12.9. The molecule has 2 aromatic carbocycles. The first-order valence-corrected chi connectivity index (χ1v) is 7.75. The fourth-order valence-corrected chi connectivity index (χ4v) is 2.30. The topological polar surface area (TPSA) is 54.9 Å². The highest BCUT2D eigenvalue weighted by Gasteiger charge is 2.03. The van der Waals surface area contributed by atoms with Gasteiger partial charge in [0.05, 0.1) is 5.69 Å². The second kappa shape index (κ2) is 7.49. The van der Waals surface area contributed by atoms with Crippen molar-refractivity contribution >= 4 is 17.7 Å². The van der Waals surface area contributed by atoms with Crippen LogP contribution in [0, 0.1) is 12.7 Å². The lowest BCUT2D eigenvalue weighted by Crippen LogP contribution is -2.07. The van der Waals surface area contributed by atoms with Crippen LogP contribution in [0.5, 0.6) is 0 Å². The zero-order valence-corrected chi connectivity index (χ0v) is 13.6.